The van der Waals surface area contributed by atoms with Crippen molar-refractivity contribution in [2.45, 2.75) is 13.5 Å². The van der Waals surface area contributed by atoms with Crippen molar-refractivity contribution in [3.8, 4) is 0 Å². The van der Waals surface area contributed by atoms with Crippen molar-refractivity contribution in [2.75, 3.05) is 0 Å². The van der Waals surface area contributed by atoms with E-state index in [9.17, 15) is 9.59 Å². The number of halogens is 2. The molecular formula is C11H9Cl2N3O2. The molecule has 0 aromatic carbocycles. The van der Waals surface area contributed by atoms with Gasteiger partial charge >= 0.3 is 5.69 Å². The monoisotopic (exact) mass is 285 g/mol. The van der Waals surface area contributed by atoms with Crippen molar-refractivity contribution < 1.29 is 0 Å². The van der Waals surface area contributed by atoms with Crippen molar-refractivity contribution in [3.63, 3.8) is 0 Å². The Morgan fingerprint density at radius 2 is 2.06 bits per heavy atom. The van der Waals surface area contributed by atoms with Crippen LogP contribution >= 0.6 is 23.2 Å². The fourth-order valence-electron chi connectivity index (χ4n) is 1.47. The van der Waals surface area contributed by atoms with Gasteiger partial charge in [0.15, 0.2) is 0 Å². The van der Waals surface area contributed by atoms with E-state index >= 15 is 0 Å². The Labute approximate surface area is 112 Å². The highest BCUT2D eigenvalue weighted by Crippen LogP contribution is 2.17. The van der Waals surface area contributed by atoms with E-state index in [-0.39, 0.29) is 6.54 Å². The van der Waals surface area contributed by atoms with E-state index in [2.05, 4.69) is 9.97 Å². The molecule has 1 N–H and O–H groups in total. The van der Waals surface area contributed by atoms with Gasteiger partial charge in [0.25, 0.3) is 5.56 Å². The smallest absolute Gasteiger partial charge is 0.294 e. The van der Waals surface area contributed by atoms with Crippen LogP contribution in [-0.4, -0.2) is 14.5 Å². The van der Waals surface area contributed by atoms with Gasteiger partial charge in [-0.1, -0.05) is 23.2 Å². The molecule has 0 aliphatic rings. The first-order valence-corrected chi connectivity index (χ1v) is 5.84. The molecule has 0 unspecified atom stereocenters. The molecule has 18 heavy (non-hydrogen) atoms. The summed E-state index contributed by atoms with van der Waals surface area (Å²) in [5.74, 6) is 0. The van der Waals surface area contributed by atoms with E-state index in [1.54, 1.807) is 19.1 Å². The number of nitrogens with one attached hydrogen (secondary N) is 1. The molecule has 0 bridgehead atoms. The summed E-state index contributed by atoms with van der Waals surface area (Å²) >= 11 is 11.7. The van der Waals surface area contributed by atoms with Gasteiger partial charge in [0.1, 0.15) is 5.15 Å². The number of nitrogens with zero attached hydrogens (tertiary/aromatic N) is 2. The third kappa shape index (κ3) is 2.63. The van der Waals surface area contributed by atoms with Crippen LogP contribution in [0.3, 0.4) is 0 Å². The molecule has 2 aromatic rings. The Balaban J connectivity index is 2.46. The molecule has 0 fully saturated rings. The predicted octanol–water partition coefficient (Wildman–Crippen LogP) is 1.60. The molecular weight excluding hydrogens is 277 g/mol. The lowest BCUT2D eigenvalue weighted by molar-refractivity contribution is 0.699. The van der Waals surface area contributed by atoms with E-state index in [1.807, 2.05) is 0 Å². The van der Waals surface area contributed by atoms with Crippen molar-refractivity contribution in [1.29, 1.82) is 0 Å². The lowest BCUT2D eigenvalue weighted by Crippen LogP contribution is -2.31. The second-order valence-corrected chi connectivity index (χ2v) is 4.56. The highest BCUT2D eigenvalue weighted by Gasteiger charge is 2.07. The molecule has 0 saturated carbocycles. The van der Waals surface area contributed by atoms with Crippen LogP contribution in [0.2, 0.25) is 10.2 Å². The molecule has 0 spiro atoms. The van der Waals surface area contributed by atoms with Crippen molar-refractivity contribution in [3.05, 3.63) is 60.6 Å². The quantitative estimate of drug-likeness (QED) is 0.852. The van der Waals surface area contributed by atoms with E-state index in [0.717, 1.165) is 0 Å². The first-order valence-electron chi connectivity index (χ1n) is 5.08. The molecule has 0 amide bonds. The van der Waals surface area contributed by atoms with Crippen molar-refractivity contribution in [2.24, 2.45) is 0 Å². The minimum absolute atomic E-state index is 0.149. The number of aryl methyl sites for hydroxylation is 1. The predicted molar refractivity (Wildman–Crippen MR) is 69.4 cm³/mol. The maximum absolute atomic E-state index is 11.6. The Hall–Kier alpha value is -1.59. The molecule has 0 saturated heterocycles. The Morgan fingerprint density at radius 1 is 1.33 bits per heavy atom. The van der Waals surface area contributed by atoms with Crippen LogP contribution in [-0.2, 0) is 6.54 Å². The van der Waals surface area contributed by atoms with E-state index in [1.165, 1.54) is 10.8 Å². The van der Waals surface area contributed by atoms with Crippen molar-refractivity contribution >= 4 is 23.2 Å². The molecule has 2 heterocycles. The zero-order chi connectivity index (χ0) is 13.3. The molecule has 7 heteroatoms. The maximum atomic E-state index is 11.6. The third-order valence-corrected chi connectivity index (χ3v) is 2.95. The van der Waals surface area contributed by atoms with Crippen LogP contribution in [0.15, 0.2) is 27.9 Å². The maximum Gasteiger partial charge on any atom is 0.328 e. The second kappa shape index (κ2) is 4.96. The van der Waals surface area contributed by atoms with Crippen LogP contribution in [0, 0.1) is 6.92 Å². The fourth-order valence-corrected chi connectivity index (χ4v) is 1.80. The molecule has 0 aliphatic carbocycles. The molecule has 2 aromatic heterocycles. The topological polar surface area (TPSA) is 67.8 Å². The summed E-state index contributed by atoms with van der Waals surface area (Å²) in [7, 11) is 0. The summed E-state index contributed by atoms with van der Waals surface area (Å²) < 4.78 is 1.32. The van der Waals surface area contributed by atoms with Gasteiger partial charge in [-0.15, -0.1) is 0 Å². The number of H-pyrrole nitrogens is 1. The highest BCUT2D eigenvalue weighted by molar-refractivity contribution is 6.32. The van der Waals surface area contributed by atoms with E-state index < -0.39 is 11.2 Å². The number of hydrogen-bond acceptors (Lipinski definition) is 3. The molecule has 94 valence electrons. The molecule has 2 rings (SSSR count). The summed E-state index contributed by atoms with van der Waals surface area (Å²) in [6, 6.07) is 3.17. The Kier molecular flexibility index (Phi) is 3.54. The number of aromatic nitrogens is 3. The molecule has 0 atom stereocenters. The SMILES string of the molecule is Cc1cn(Cc2nc(Cl)ccc2Cl)c(=O)[nH]c1=O. The summed E-state index contributed by atoms with van der Waals surface area (Å²) in [6.45, 7) is 1.76. The largest absolute Gasteiger partial charge is 0.328 e. The lowest BCUT2D eigenvalue weighted by Gasteiger charge is -2.07. The third-order valence-electron chi connectivity index (χ3n) is 2.39. The zero-order valence-corrected chi connectivity index (χ0v) is 10.9. The van der Waals surface area contributed by atoms with Crippen LogP contribution in [0.1, 0.15) is 11.3 Å². The summed E-state index contributed by atoms with van der Waals surface area (Å²) in [5, 5.41) is 0.707. The fraction of sp³-hybridized carbons (Fsp3) is 0.182. The van der Waals surface area contributed by atoms with Crippen molar-refractivity contribution in [1.82, 2.24) is 14.5 Å². The minimum Gasteiger partial charge on any atom is -0.294 e. The van der Waals surface area contributed by atoms with E-state index in [4.69, 9.17) is 23.2 Å². The Morgan fingerprint density at radius 3 is 2.78 bits per heavy atom. The van der Waals surface area contributed by atoms with Crippen LogP contribution in [0.25, 0.3) is 0 Å². The van der Waals surface area contributed by atoms with Gasteiger partial charge in [-0.25, -0.2) is 9.78 Å². The summed E-state index contributed by atoms with van der Waals surface area (Å²) in [4.78, 5) is 29.1. The Bertz CT molecular complexity index is 706. The number of rotatable bonds is 2. The van der Waals surface area contributed by atoms with Gasteiger partial charge in [0, 0.05) is 11.8 Å². The molecule has 5 nitrogen and oxygen atoms in total. The van der Waals surface area contributed by atoms with Crippen LogP contribution in [0.5, 0.6) is 0 Å². The van der Waals surface area contributed by atoms with Gasteiger partial charge in [0.2, 0.25) is 0 Å². The van der Waals surface area contributed by atoms with Gasteiger partial charge in [-0.2, -0.15) is 0 Å². The number of pyridine rings is 1. The average molecular weight is 286 g/mol. The van der Waals surface area contributed by atoms with Crippen LogP contribution in [0.4, 0.5) is 0 Å². The number of aromatic amines is 1. The van der Waals surface area contributed by atoms with Gasteiger partial charge < -0.3 is 0 Å². The lowest BCUT2D eigenvalue weighted by atomic mass is 10.3. The normalized spacial score (nSPS) is 10.6. The molecule has 0 radical (unpaired) electrons. The second-order valence-electron chi connectivity index (χ2n) is 3.76. The first kappa shape index (κ1) is 12.9. The summed E-state index contributed by atoms with van der Waals surface area (Å²) in [6.07, 6.45) is 1.46. The van der Waals surface area contributed by atoms with Gasteiger partial charge in [-0.3, -0.25) is 14.3 Å². The van der Waals surface area contributed by atoms with Crippen LogP contribution < -0.4 is 11.2 Å². The standard InChI is InChI=1S/C11H9Cl2N3O2/c1-6-4-16(11(18)15-10(6)17)5-8-7(12)2-3-9(13)14-8/h2-4H,5H2,1H3,(H,15,17,18). The highest BCUT2D eigenvalue weighted by atomic mass is 35.5. The summed E-state index contributed by atoms with van der Waals surface area (Å²) in [5.41, 5.74) is -0.00434. The average Bonchev–Trinajstić information content (AvgIpc) is 2.30. The van der Waals surface area contributed by atoms with Gasteiger partial charge in [0.05, 0.1) is 17.3 Å². The zero-order valence-electron chi connectivity index (χ0n) is 9.41. The molecule has 0 aliphatic heterocycles. The first-order chi connectivity index (χ1) is 8.47. The number of hydrogen-bond donors (Lipinski definition) is 1. The van der Waals surface area contributed by atoms with Gasteiger partial charge in [-0.05, 0) is 19.1 Å². The minimum atomic E-state index is -0.511. The van der Waals surface area contributed by atoms with E-state index in [0.29, 0.717) is 21.4 Å².